The second-order valence-corrected chi connectivity index (χ2v) is 4.31. The highest BCUT2D eigenvalue weighted by Gasteiger charge is 2.22. The van der Waals surface area contributed by atoms with Crippen LogP contribution in [0.5, 0.6) is 5.75 Å². The summed E-state index contributed by atoms with van der Waals surface area (Å²) < 4.78 is 5.50. The number of ketones is 1. The van der Waals surface area contributed by atoms with Crippen molar-refractivity contribution in [1.82, 2.24) is 4.98 Å². The molecule has 2 aromatic rings. The van der Waals surface area contributed by atoms with Gasteiger partial charge in [-0.15, -0.1) is 11.3 Å². The average molecular weight is 231 g/mol. The summed E-state index contributed by atoms with van der Waals surface area (Å²) in [4.78, 5) is 16.2. The fourth-order valence-electron chi connectivity index (χ4n) is 1.86. The molecule has 4 heteroatoms. The molecule has 0 fully saturated rings. The van der Waals surface area contributed by atoms with Crippen LogP contribution in [-0.2, 0) is 6.42 Å². The normalized spacial score (nSPS) is 13.2. The Morgan fingerprint density at radius 3 is 3.19 bits per heavy atom. The molecule has 0 saturated carbocycles. The number of nitrogens with zero attached hydrogens (tertiary/aromatic N) is 1. The van der Waals surface area contributed by atoms with Crippen LogP contribution in [-0.4, -0.2) is 17.4 Å². The molecule has 80 valence electrons. The van der Waals surface area contributed by atoms with Gasteiger partial charge in [0, 0.05) is 11.8 Å². The molecule has 3 nitrogen and oxygen atoms in total. The van der Waals surface area contributed by atoms with Gasteiger partial charge in [-0.05, 0) is 11.6 Å². The zero-order valence-electron chi connectivity index (χ0n) is 8.47. The highest BCUT2D eigenvalue weighted by Crippen LogP contribution is 2.30. The number of fused-ring (bicyclic) bond motifs is 1. The van der Waals surface area contributed by atoms with Crippen LogP contribution in [0.25, 0.3) is 0 Å². The second kappa shape index (κ2) is 3.72. The number of para-hydroxylation sites is 1. The predicted octanol–water partition coefficient (Wildman–Crippen LogP) is 2.31. The van der Waals surface area contributed by atoms with E-state index in [0.717, 1.165) is 17.7 Å². The third-order valence-electron chi connectivity index (χ3n) is 2.62. The molecule has 1 aromatic heterocycles. The van der Waals surface area contributed by atoms with E-state index in [4.69, 9.17) is 4.74 Å². The van der Waals surface area contributed by atoms with Gasteiger partial charge in [0.05, 0.1) is 17.7 Å². The molecule has 0 radical (unpaired) electrons. The number of thiazole rings is 1. The van der Waals surface area contributed by atoms with Crippen LogP contribution in [0.2, 0.25) is 0 Å². The van der Waals surface area contributed by atoms with E-state index in [2.05, 4.69) is 4.98 Å². The summed E-state index contributed by atoms with van der Waals surface area (Å²) in [6, 6.07) is 5.69. The van der Waals surface area contributed by atoms with E-state index in [-0.39, 0.29) is 5.78 Å². The third-order valence-corrected chi connectivity index (χ3v) is 3.21. The lowest BCUT2D eigenvalue weighted by Gasteiger charge is -2.04. The molecule has 0 N–H and O–H groups in total. The van der Waals surface area contributed by atoms with Crippen molar-refractivity contribution in [2.45, 2.75) is 6.42 Å². The minimum absolute atomic E-state index is 0.0556. The number of aromatic nitrogens is 1. The Kier molecular flexibility index (Phi) is 2.22. The quantitative estimate of drug-likeness (QED) is 0.744. The third kappa shape index (κ3) is 1.42. The highest BCUT2D eigenvalue weighted by atomic mass is 32.1. The van der Waals surface area contributed by atoms with Crippen LogP contribution < -0.4 is 4.74 Å². The Labute approximate surface area is 96.7 Å². The van der Waals surface area contributed by atoms with Crippen LogP contribution in [0.3, 0.4) is 0 Å². The lowest BCUT2D eigenvalue weighted by Crippen LogP contribution is -2.03. The fourth-order valence-corrected chi connectivity index (χ4v) is 2.39. The minimum atomic E-state index is -0.0556. The monoisotopic (exact) mass is 231 g/mol. The van der Waals surface area contributed by atoms with Crippen LogP contribution in [0.1, 0.15) is 21.6 Å². The first-order valence-electron chi connectivity index (χ1n) is 5.04. The van der Waals surface area contributed by atoms with Gasteiger partial charge < -0.3 is 4.74 Å². The molecule has 1 aliphatic heterocycles. The number of carbonyl (C=O) groups is 1. The van der Waals surface area contributed by atoms with Crippen molar-refractivity contribution in [3.05, 3.63) is 45.9 Å². The number of carbonyl (C=O) groups excluding carboxylic acids is 1. The molecule has 0 spiro atoms. The van der Waals surface area contributed by atoms with E-state index in [9.17, 15) is 4.79 Å². The van der Waals surface area contributed by atoms with Gasteiger partial charge in [0.15, 0.2) is 0 Å². The van der Waals surface area contributed by atoms with E-state index in [0.29, 0.717) is 17.9 Å². The topological polar surface area (TPSA) is 39.2 Å². The molecule has 0 unspecified atom stereocenters. The summed E-state index contributed by atoms with van der Waals surface area (Å²) in [7, 11) is 0. The molecule has 16 heavy (non-hydrogen) atoms. The zero-order valence-corrected chi connectivity index (χ0v) is 9.29. The molecule has 2 heterocycles. The van der Waals surface area contributed by atoms with Gasteiger partial charge in [0.25, 0.3) is 0 Å². The molecule has 3 rings (SSSR count). The number of ether oxygens (including phenoxy) is 1. The van der Waals surface area contributed by atoms with Gasteiger partial charge >= 0.3 is 0 Å². The Hall–Kier alpha value is -1.68. The Morgan fingerprint density at radius 1 is 1.44 bits per heavy atom. The minimum Gasteiger partial charge on any atom is -0.492 e. The molecule has 1 aliphatic rings. The maximum absolute atomic E-state index is 12.1. The van der Waals surface area contributed by atoms with Gasteiger partial charge in [-0.3, -0.25) is 4.79 Å². The molecule has 0 saturated heterocycles. The van der Waals surface area contributed by atoms with Crippen molar-refractivity contribution < 1.29 is 9.53 Å². The predicted molar refractivity (Wildman–Crippen MR) is 61.2 cm³/mol. The molecular weight excluding hydrogens is 222 g/mol. The van der Waals surface area contributed by atoms with Gasteiger partial charge in [-0.25, -0.2) is 4.98 Å². The number of benzene rings is 1. The summed E-state index contributed by atoms with van der Waals surface area (Å²) in [5.74, 6) is 0.681. The lowest BCUT2D eigenvalue weighted by atomic mass is 10.0. The number of hydrogen-bond donors (Lipinski definition) is 0. The van der Waals surface area contributed by atoms with Crippen molar-refractivity contribution in [2.75, 3.05) is 6.61 Å². The first-order valence-corrected chi connectivity index (χ1v) is 5.98. The van der Waals surface area contributed by atoms with Crippen molar-refractivity contribution in [1.29, 1.82) is 0 Å². The summed E-state index contributed by atoms with van der Waals surface area (Å²) in [6.45, 7) is 0.663. The van der Waals surface area contributed by atoms with Crippen molar-refractivity contribution in [2.24, 2.45) is 0 Å². The van der Waals surface area contributed by atoms with E-state index in [1.54, 1.807) is 17.0 Å². The van der Waals surface area contributed by atoms with E-state index < -0.39 is 0 Å². The second-order valence-electron chi connectivity index (χ2n) is 3.60. The van der Waals surface area contributed by atoms with Crippen LogP contribution >= 0.6 is 11.3 Å². The first kappa shape index (κ1) is 9.54. The van der Waals surface area contributed by atoms with E-state index in [1.165, 1.54) is 11.3 Å². The van der Waals surface area contributed by atoms with Crippen LogP contribution in [0.4, 0.5) is 0 Å². The summed E-state index contributed by atoms with van der Waals surface area (Å²) >= 11 is 1.42. The maximum atomic E-state index is 12.1. The molecule has 0 aliphatic carbocycles. The molecular formula is C12H9NO2S. The fraction of sp³-hybridized carbons (Fsp3) is 0.167. The first-order chi connectivity index (χ1) is 7.86. The van der Waals surface area contributed by atoms with E-state index >= 15 is 0 Å². The largest absolute Gasteiger partial charge is 0.492 e. The van der Waals surface area contributed by atoms with Gasteiger partial charge in [0.2, 0.25) is 5.78 Å². The summed E-state index contributed by atoms with van der Waals surface area (Å²) in [6.07, 6.45) is 0.882. The SMILES string of the molecule is O=C(c1cscn1)c1cccc2c1OCC2. The molecule has 0 atom stereocenters. The standard InChI is InChI=1S/C12H9NO2S/c14-11(10-6-16-7-13-10)9-3-1-2-8-4-5-15-12(8)9/h1-3,6-7H,4-5H2. The smallest absolute Gasteiger partial charge is 0.215 e. The van der Waals surface area contributed by atoms with Gasteiger partial charge in [-0.1, -0.05) is 12.1 Å². The number of hydrogen-bond acceptors (Lipinski definition) is 4. The maximum Gasteiger partial charge on any atom is 0.215 e. The van der Waals surface area contributed by atoms with Crippen LogP contribution in [0, 0.1) is 0 Å². The van der Waals surface area contributed by atoms with Gasteiger partial charge in [-0.2, -0.15) is 0 Å². The average Bonchev–Trinajstić information content (AvgIpc) is 2.98. The highest BCUT2D eigenvalue weighted by molar-refractivity contribution is 7.07. The van der Waals surface area contributed by atoms with E-state index in [1.807, 2.05) is 12.1 Å². The molecule has 1 aromatic carbocycles. The number of rotatable bonds is 2. The summed E-state index contributed by atoms with van der Waals surface area (Å²) in [5.41, 5.74) is 3.90. The van der Waals surface area contributed by atoms with Crippen LogP contribution in [0.15, 0.2) is 29.1 Å². The summed E-state index contributed by atoms with van der Waals surface area (Å²) in [5, 5.41) is 1.76. The van der Waals surface area contributed by atoms with Crippen molar-refractivity contribution in [3.8, 4) is 5.75 Å². The molecule has 0 amide bonds. The lowest BCUT2D eigenvalue weighted by molar-refractivity contribution is 0.103. The van der Waals surface area contributed by atoms with Gasteiger partial charge in [0.1, 0.15) is 11.4 Å². The van der Waals surface area contributed by atoms with Crippen molar-refractivity contribution in [3.63, 3.8) is 0 Å². The Balaban J connectivity index is 2.08. The Bertz CT molecular complexity index is 534. The molecule has 0 bridgehead atoms. The van der Waals surface area contributed by atoms with Crippen molar-refractivity contribution >= 4 is 17.1 Å². The zero-order chi connectivity index (χ0) is 11.0. The Morgan fingerprint density at radius 2 is 2.38 bits per heavy atom.